The number of halogens is 4. The summed E-state index contributed by atoms with van der Waals surface area (Å²) in [5.41, 5.74) is 0.491. The van der Waals surface area contributed by atoms with E-state index in [-0.39, 0.29) is 18.1 Å². The number of fused-ring (bicyclic) bond motifs is 4. The first-order valence-corrected chi connectivity index (χ1v) is 16.5. The van der Waals surface area contributed by atoms with Crippen LogP contribution >= 0.6 is 15.9 Å². The fourth-order valence-electron chi connectivity index (χ4n) is 6.88. The Morgan fingerprint density at radius 1 is 0.979 bits per heavy atom. The van der Waals surface area contributed by atoms with Gasteiger partial charge in [-0.1, -0.05) is 46.3 Å². The van der Waals surface area contributed by atoms with E-state index in [0.29, 0.717) is 53.4 Å². The summed E-state index contributed by atoms with van der Waals surface area (Å²) in [6.45, 7) is 7.20. The maximum Gasteiger partial charge on any atom is 0.574 e. The van der Waals surface area contributed by atoms with Crippen LogP contribution in [0.5, 0.6) is 11.6 Å². The molecule has 1 unspecified atom stereocenters. The highest BCUT2D eigenvalue weighted by atomic mass is 79.9. The average molecular weight is 727 g/mol. The fourth-order valence-corrected chi connectivity index (χ4v) is 7.24. The van der Waals surface area contributed by atoms with E-state index < -0.39 is 40.9 Å². The Bertz CT molecular complexity index is 1870. The van der Waals surface area contributed by atoms with E-state index in [1.807, 2.05) is 55.5 Å². The van der Waals surface area contributed by atoms with E-state index >= 15 is 0 Å². The molecule has 8 nitrogen and oxygen atoms in total. The van der Waals surface area contributed by atoms with Crippen LogP contribution < -0.4 is 14.8 Å². The maximum absolute atomic E-state index is 14.6. The predicted molar refractivity (Wildman–Crippen MR) is 177 cm³/mol. The summed E-state index contributed by atoms with van der Waals surface area (Å²) < 4.78 is 57.0. The number of rotatable bonds is 7. The van der Waals surface area contributed by atoms with Crippen LogP contribution in [0.1, 0.15) is 68.8 Å². The molecule has 3 saturated carbocycles. The Morgan fingerprint density at radius 3 is 2.35 bits per heavy atom. The Balaban J connectivity index is 1.42. The summed E-state index contributed by atoms with van der Waals surface area (Å²) in [7, 11) is 0. The Labute approximate surface area is 284 Å². The minimum Gasteiger partial charge on any atom is -0.482 e. The van der Waals surface area contributed by atoms with E-state index in [4.69, 9.17) is 14.5 Å². The molecule has 3 fully saturated rings. The second-order valence-electron chi connectivity index (χ2n) is 13.5. The molecule has 252 valence electrons. The molecule has 2 aromatic heterocycles. The van der Waals surface area contributed by atoms with E-state index in [1.165, 1.54) is 18.3 Å². The fraction of sp³-hybridized carbons (Fsp3) is 0.389. The Kier molecular flexibility index (Phi) is 8.68. The quantitative estimate of drug-likeness (QED) is 0.191. The highest BCUT2D eigenvalue weighted by Gasteiger charge is 2.60. The number of benzene rings is 2. The number of carbonyl (C=O) groups is 2. The lowest BCUT2D eigenvalue weighted by molar-refractivity contribution is -0.276. The molecule has 1 atom stereocenters. The van der Waals surface area contributed by atoms with Gasteiger partial charge >= 0.3 is 12.3 Å². The van der Waals surface area contributed by atoms with E-state index in [2.05, 4.69) is 31.0 Å². The van der Waals surface area contributed by atoms with Crippen molar-refractivity contribution in [3.8, 4) is 22.9 Å². The maximum atomic E-state index is 14.6. The predicted octanol–water partition coefficient (Wildman–Crippen LogP) is 8.49. The van der Waals surface area contributed by atoms with Crippen molar-refractivity contribution in [3.63, 3.8) is 0 Å². The summed E-state index contributed by atoms with van der Waals surface area (Å²) in [6.07, 6.45) is -3.18. The first kappa shape index (κ1) is 33.7. The number of ether oxygens (including phenoxy) is 3. The number of pyridine rings is 2. The van der Waals surface area contributed by atoms with Crippen LogP contribution in [-0.4, -0.2) is 45.5 Å². The minimum absolute atomic E-state index is 0.111. The van der Waals surface area contributed by atoms with Gasteiger partial charge in [0.15, 0.2) is 5.75 Å². The summed E-state index contributed by atoms with van der Waals surface area (Å²) in [5.74, 6) is -1.78. The molecule has 3 aliphatic rings. The highest BCUT2D eigenvalue weighted by Crippen LogP contribution is 2.55. The molecule has 48 heavy (non-hydrogen) atoms. The molecule has 0 saturated heterocycles. The van der Waals surface area contributed by atoms with Crippen molar-refractivity contribution in [2.45, 2.75) is 83.4 Å². The molecule has 12 heteroatoms. The monoisotopic (exact) mass is 725 g/mol. The van der Waals surface area contributed by atoms with E-state index in [1.54, 1.807) is 20.8 Å². The van der Waals surface area contributed by atoms with Gasteiger partial charge in [-0.05, 0) is 89.3 Å². The number of carbonyl (C=O) groups excluding carboxylic acids is 2. The standard InChI is InChI=1S/C36H35BrF3N3O5/c1-21-28(24-19-23(37)12-13-25(24)42-29(21)22-9-6-5-7-10-22)30(44)43-35-16-14-34(15-17-35,32(45)48-33(2,3)4)20-27(35)46-26-11-8-18-41-31(26)47-36(38,39)40/h5-13,18-19,27H,14-17,20H2,1-4H3,(H,43,44). The average Bonchev–Trinajstić information content (AvgIpc) is 3.01. The molecule has 7 rings (SSSR count). The van der Waals surface area contributed by atoms with Gasteiger partial charge in [0.05, 0.1) is 27.7 Å². The topological polar surface area (TPSA) is 99.6 Å². The van der Waals surface area contributed by atoms with Crippen molar-refractivity contribution in [2.24, 2.45) is 5.41 Å². The van der Waals surface area contributed by atoms with Crippen LogP contribution in [0.4, 0.5) is 13.2 Å². The van der Waals surface area contributed by atoms with Gasteiger partial charge in [0.1, 0.15) is 11.7 Å². The van der Waals surface area contributed by atoms with Gasteiger partial charge in [0.25, 0.3) is 11.8 Å². The van der Waals surface area contributed by atoms with E-state index in [0.717, 1.165) is 10.0 Å². The van der Waals surface area contributed by atoms with E-state index in [9.17, 15) is 22.8 Å². The van der Waals surface area contributed by atoms with Crippen LogP contribution in [0.15, 0.2) is 71.3 Å². The third-order valence-corrected chi connectivity index (χ3v) is 9.66. The van der Waals surface area contributed by atoms with Crippen LogP contribution in [0.25, 0.3) is 22.2 Å². The molecule has 0 spiro atoms. The number of nitrogens with zero attached hydrogens (tertiary/aromatic N) is 2. The number of amides is 1. The Hall–Kier alpha value is -4.19. The van der Waals surface area contributed by atoms with Gasteiger partial charge in [-0.25, -0.2) is 9.97 Å². The van der Waals surface area contributed by atoms with Gasteiger partial charge in [0.2, 0.25) is 0 Å². The molecule has 1 N–H and O–H groups in total. The minimum atomic E-state index is -5.01. The van der Waals surface area contributed by atoms with Gasteiger partial charge in [0, 0.05) is 28.0 Å². The summed E-state index contributed by atoms with van der Waals surface area (Å²) in [5, 5.41) is 3.90. The zero-order chi connectivity index (χ0) is 34.5. The van der Waals surface area contributed by atoms with Gasteiger partial charge in [-0.15, -0.1) is 13.2 Å². The van der Waals surface area contributed by atoms with Crippen molar-refractivity contribution in [3.05, 3.63) is 82.5 Å². The van der Waals surface area contributed by atoms with Crippen molar-refractivity contribution in [2.75, 3.05) is 0 Å². The molecule has 1 amide bonds. The molecule has 2 bridgehead atoms. The summed E-state index contributed by atoms with van der Waals surface area (Å²) in [6, 6.07) is 17.9. The smallest absolute Gasteiger partial charge is 0.482 e. The summed E-state index contributed by atoms with van der Waals surface area (Å²) in [4.78, 5) is 36.9. The molecule has 2 aromatic carbocycles. The second-order valence-corrected chi connectivity index (χ2v) is 14.5. The lowest BCUT2D eigenvalue weighted by Crippen LogP contribution is -2.67. The van der Waals surface area contributed by atoms with Gasteiger partial charge < -0.3 is 19.5 Å². The molecule has 3 aliphatic carbocycles. The van der Waals surface area contributed by atoms with Crippen LogP contribution in [0.2, 0.25) is 0 Å². The normalized spacial score (nSPS) is 22.3. The third-order valence-electron chi connectivity index (χ3n) is 9.17. The molecule has 4 aromatic rings. The molecule has 0 radical (unpaired) electrons. The lowest BCUT2D eigenvalue weighted by atomic mass is 9.55. The van der Waals surface area contributed by atoms with Crippen molar-refractivity contribution < 1.29 is 37.0 Å². The van der Waals surface area contributed by atoms with Gasteiger partial charge in [-0.3, -0.25) is 9.59 Å². The molecular formula is C36H35BrF3N3O5. The number of hydrogen-bond acceptors (Lipinski definition) is 7. The van der Waals surface area contributed by atoms with Crippen molar-refractivity contribution in [1.82, 2.24) is 15.3 Å². The van der Waals surface area contributed by atoms with Crippen LogP contribution in [0, 0.1) is 12.3 Å². The lowest BCUT2D eigenvalue weighted by Gasteiger charge is -2.56. The first-order chi connectivity index (χ1) is 22.6. The number of alkyl halides is 3. The number of esters is 1. The van der Waals surface area contributed by atoms with Crippen molar-refractivity contribution >= 4 is 38.7 Å². The van der Waals surface area contributed by atoms with Crippen molar-refractivity contribution in [1.29, 1.82) is 0 Å². The SMILES string of the molecule is Cc1c(-c2ccccc2)nc2ccc(Br)cc2c1C(=O)NC12CCC(C(=O)OC(C)(C)C)(CC1)CC2Oc1cccnc1OC(F)(F)F. The molecular weight excluding hydrogens is 691 g/mol. The van der Waals surface area contributed by atoms with Crippen LogP contribution in [-0.2, 0) is 9.53 Å². The highest BCUT2D eigenvalue weighted by molar-refractivity contribution is 9.10. The molecule has 0 aliphatic heterocycles. The third kappa shape index (κ3) is 6.72. The van der Waals surface area contributed by atoms with Gasteiger partial charge in [-0.2, -0.15) is 0 Å². The summed E-state index contributed by atoms with van der Waals surface area (Å²) >= 11 is 3.53. The first-order valence-electron chi connectivity index (χ1n) is 15.7. The zero-order valence-electron chi connectivity index (χ0n) is 26.9. The second kappa shape index (κ2) is 12.4. The Morgan fingerprint density at radius 2 is 1.69 bits per heavy atom. The van der Waals surface area contributed by atoms with Crippen LogP contribution in [0.3, 0.4) is 0 Å². The largest absolute Gasteiger partial charge is 0.574 e. The number of hydrogen-bond donors (Lipinski definition) is 1. The molecule has 2 heterocycles. The zero-order valence-corrected chi connectivity index (χ0v) is 28.5. The number of aromatic nitrogens is 2. The number of nitrogens with one attached hydrogen (secondary N) is 1.